The Morgan fingerprint density at radius 1 is 0.933 bits per heavy atom. The minimum absolute atomic E-state index is 0.0741. The normalized spacial score (nSPS) is 10.5. The first-order valence-electron chi connectivity index (χ1n) is 9.62. The van der Waals surface area contributed by atoms with Gasteiger partial charge in [-0.05, 0) is 48.9 Å². The Morgan fingerprint density at radius 3 is 2.03 bits per heavy atom. The second-order valence-corrected chi connectivity index (χ2v) is 6.48. The zero-order chi connectivity index (χ0) is 21.5. The van der Waals surface area contributed by atoms with E-state index in [1.807, 2.05) is 48.5 Å². The van der Waals surface area contributed by atoms with Gasteiger partial charge in [-0.25, -0.2) is 4.68 Å². The number of hydrogen-bond donors (Lipinski definition) is 0. The van der Waals surface area contributed by atoms with Crippen LogP contribution in [0.4, 0.5) is 0 Å². The van der Waals surface area contributed by atoms with Crippen LogP contribution < -0.4 is 15.0 Å². The second-order valence-electron chi connectivity index (χ2n) is 6.48. The van der Waals surface area contributed by atoms with Crippen molar-refractivity contribution >= 4 is 5.97 Å². The van der Waals surface area contributed by atoms with Gasteiger partial charge in [-0.2, -0.15) is 5.10 Å². The molecule has 0 atom stereocenters. The lowest BCUT2D eigenvalue weighted by Gasteiger charge is -2.13. The maximum Gasteiger partial charge on any atom is 0.307 e. The number of carbonyl (C=O) groups excluding carboxylic acids is 1. The van der Waals surface area contributed by atoms with Crippen LogP contribution in [0.5, 0.6) is 11.5 Å². The maximum atomic E-state index is 12.7. The zero-order valence-electron chi connectivity index (χ0n) is 17.3. The summed E-state index contributed by atoms with van der Waals surface area (Å²) >= 11 is 0. The molecule has 3 rings (SSSR count). The maximum absolute atomic E-state index is 12.7. The third-order valence-corrected chi connectivity index (χ3v) is 4.60. The lowest BCUT2D eigenvalue weighted by Crippen LogP contribution is -2.25. The van der Waals surface area contributed by atoms with Gasteiger partial charge >= 0.3 is 5.97 Å². The summed E-state index contributed by atoms with van der Waals surface area (Å²) in [4.78, 5) is 24.4. The van der Waals surface area contributed by atoms with Crippen molar-refractivity contribution < 1.29 is 19.0 Å². The molecule has 0 unspecified atom stereocenters. The molecule has 1 aromatic heterocycles. The molecule has 0 saturated heterocycles. The van der Waals surface area contributed by atoms with Gasteiger partial charge in [0.1, 0.15) is 11.5 Å². The van der Waals surface area contributed by atoms with Crippen LogP contribution in [0, 0.1) is 0 Å². The number of benzene rings is 2. The van der Waals surface area contributed by atoms with Gasteiger partial charge in [0.25, 0.3) is 5.56 Å². The molecule has 1 heterocycles. The topological polar surface area (TPSA) is 79.7 Å². The lowest BCUT2D eigenvalue weighted by atomic mass is 10.00. The highest BCUT2D eigenvalue weighted by Crippen LogP contribution is 2.31. The third kappa shape index (κ3) is 4.86. The SMILES string of the molecule is CCOC(=O)CCn1nc(-c2ccc(OC)cc2)c(-c2ccc(OC)cc2)cc1=O. The van der Waals surface area contributed by atoms with Crippen molar-refractivity contribution in [1.29, 1.82) is 0 Å². The standard InChI is InChI=1S/C23H24N2O5/c1-4-30-22(27)13-14-25-21(26)15-20(16-5-9-18(28-2)10-6-16)23(24-25)17-7-11-19(29-3)12-8-17/h5-12,15H,4,13-14H2,1-3H3. The fraction of sp³-hybridized carbons (Fsp3) is 0.261. The predicted molar refractivity (Wildman–Crippen MR) is 114 cm³/mol. The Hall–Kier alpha value is -3.61. The molecule has 156 valence electrons. The average Bonchev–Trinajstić information content (AvgIpc) is 2.78. The number of rotatable bonds is 8. The van der Waals surface area contributed by atoms with Gasteiger partial charge in [-0.1, -0.05) is 12.1 Å². The molecule has 0 saturated carbocycles. The summed E-state index contributed by atoms with van der Waals surface area (Å²) in [5.74, 6) is 1.08. The van der Waals surface area contributed by atoms with Crippen molar-refractivity contribution in [2.24, 2.45) is 0 Å². The van der Waals surface area contributed by atoms with Crippen LogP contribution in [-0.2, 0) is 16.1 Å². The highest BCUT2D eigenvalue weighted by molar-refractivity contribution is 5.80. The van der Waals surface area contributed by atoms with E-state index in [4.69, 9.17) is 14.2 Å². The van der Waals surface area contributed by atoms with Crippen LogP contribution >= 0.6 is 0 Å². The summed E-state index contributed by atoms with van der Waals surface area (Å²) in [6.45, 7) is 2.19. The summed E-state index contributed by atoms with van der Waals surface area (Å²) in [6.07, 6.45) is 0.0741. The second kappa shape index (κ2) is 9.73. The van der Waals surface area contributed by atoms with Gasteiger partial charge in [-0.3, -0.25) is 9.59 Å². The molecule has 7 nitrogen and oxygen atoms in total. The van der Waals surface area contributed by atoms with Crippen LogP contribution in [-0.4, -0.2) is 36.6 Å². The number of methoxy groups -OCH3 is 2. The van der Waals surface area contributed by atoms with Crippen molar-refractivity contribution in [2.45, 2.75) is 19.9 Å². The molecular weight excluding hydrogens is 384 g/mol. The molecular formula is C23H24N2O5. The third-order valence-electron chi connectivity index (χ3n) is 4.60. The van der Waals surface area contributed by atoms with E-state index in [-0.39, 0.29) is 24.5 Å². The van der Waals surface area contributed by atoms with Crippen molar-refractivity contribution in [2.75, 3.05) is 20.8 Å². The molecule has 0 bridgehead atoms. The number of nitrogens with zero attached hydrogens (tertiary/aromatic N) is 2. The average molecular weight is 408 g/mol. The molecule has 0 aliphatic heterocycles. The molecule has 0 aliphatic rings. The number of hydrogen-bond acceptors (Lipinski definition) is 6. The van der Waals surface area contributed by atoms with Crippen molar-refractivity contribution in [3.8, 4) is 33.9 Å². The fourth-order valence-corrected chi connectivity index (χ4v) is 3.03. The lowest BCUT2D eigenvalue weighted by molar-refractivity contribution is -0.143. The number of aryl methyl sites for hydroxylation is 1. The van der Waals surface area contributed by atoms with E-state index >= 15 is 0 Å². The van der Waals surface area contributed by atoms with E-state index in [1.165, 1.54) is 4.68 Å². The van der Waals surface area contributed by atoms with E-state index in [1.54, 1.807) is 27.2 Å². The molecule has 0 spiro atoms. The Kier molecular flexibility index (Phi) is 6.85. The van der Waals surface area contributed by atoms with Crippen molar-refractivity contribution in [1.82, 2.24) is 9.78 Å². The molecule has 0 amide bonds. The first-order chi connectivity index (χ1) is 14.5. The van der Waals surface area contributed by atoms with Crippen molar-refractivity contribution in [3.05, 3.63) is 65.0 Å². The molecule has 0 fully saturated rings. The Balaban J connectivity index is 2.06. The number of ether oxygens (including phenoxy) is 3. The molecule has 0 radical (unpaired) electrons. The van der Waals surface area contributed by atoms with Gasteiger partial charge in [-0.15, -0.1) is 0 Å². The van der Waals surface area contributed by atoms with Gasteiger partial charge < -0.3 is 14.2 Å². The number of aromatic nitrogens is 2. The largest absolute Gasteiger partial charge is 0.497 e. The Bertz CT molecular complexity index is 1060. The minimum atomic E-state index is -0.364. The first kappa shape index (κ1) is 21.1. The monoisotopic (exact) mass is 408 g/mol. The van der Waals surface area contributed by atoms with E-state index in [9.17, 15) is 9.59 Å². The molecule has 30 heavy (non-hydrogen) atoms. The summed E-state index contributed by atoms with van der Waals surface area (Å²) < 4.78 is 16.7. The van der Waals surface area contributed by atoms with Crippen molar-refractivity contribution in [3.63, 3.8) is 0 Å². The van der Waals surface area contributed by atoms with Gasteiger partial charge in [0, 0.05) is 17.2 Å². The predicted octanol–water partition coefficient (Wildman–Crippen LogP) is 3.55. The van der Waals surface area contributed by atoms with E-state index < -0.39 is 0 Å². The fourth-order valence-electron chi connectivity index (χ4n) is 3.03. The van der Waals surface area contributed by atoms with Gasteiger partial charge in [0.15, 0.2) is 0 Å². The quantitative estimate of drug-likeness (QED) is 0.531. The van der Waals surface area contributed by atoms with Gasteiger partial charge in [0.05, 0.1) is 39.5 Å². The van der Waals surface area contributed by atoms with Gasteiger partial charge in [0.2, 0.25) is 0 Å². The van der Waals surface area contributed by atoms with E-state index in [2.05, 4.69) is 5.10 Å². The highest BCUT2D eigenvalue weighted by atomic mass is 16.5. The Labute approximate surface area is 174 Å². The molecule has 7 heteroatoms. The molecule has 0 aliphatic carbocycles. The summed E-state index contributed by atoms with van der Waals surface area (Å²) in [5, 5.41) is 4.57. The molecule has 2 aromatic carbocycles. The van der Waals surface area contributed by atoms with Crippen LogP contribution in [0.2, 0.25) is 0 Å². The zero-order valence-corrected chi connectivity index (χ0v) is 17.3. The van der Waals surface area contributed by atoms with Crippen LogP contribution in [0.1, 0.15) is 13.3 Å². The first-order valence-corrected chi connectivity index (χ1v) is 9.62. The summed E-state index contributed by atoms with van der Waals surface area (Å²) in [7, 11) is 3.20. The number of esters is 1. The number of carbonyl (C=O) groups is 1. The molecule has 3 aromatic rings. The summed E-state index contributed by atoms with van der Waals surface area (Å²) in [5.41, 5.74) is 2.70. The van der Waals surface area contributed by atoms with Crippen LogP contribution in [0.3, 0.4) is 0 Å². The minimum Gasteiger partial charge on any atom is -0.497 e. The molecule has 0 N–H and O–H groups in total. The smallest absolute Gasteiger partial charge is 0.307 e. The van der Waals surface area contributed by atoms with E-state index in [0.29, 0.717) is 17.9 Å². The van der Waals surface area contributed by atoms with Crippen LogP contribution in [0.15, 0.2) is 59.4 Å². The highest BCUT2D eigenvalue weighted by Gasteiger charge is 2.14. The summed E-state index contributed by atoms with van der Waals surface area (Å²) in [6, 6.07) is 16.4. The van der Waals surface area contributed by atoms with E-state index in [0.717, 1.165) is 22.6 Å². The Morgan fingerprint density at radius 2 is 1.50 bits per heavy atom. The van der Waals surface area contributed by atoms with Crippen LogP contribution in [0.25, 0.3) is 22.4 Å².